The molecule has 0 radical (unpaired) electrons. The number of hydrogen-bond donors (Lipinski definition) is 2. The molecule has 0 heterocycles. The Hall–Kier alpha value is -0.580. The molecule has 2 unspecified atom stereocenters. The lowest BCUT2D eigenvalue weighted by Crippen LogP contribution is -2.14. The number of aliphatic hydroxyl groups is 1. The van der Waals surface area contributed by atoms with Crippen LogP contribution in [0.4, 0.5) is 4.39 Å². The van der Waals surface area contributed by atoms with Gasteiger partial charge in [0.2, 0.25) is 0 Å². The van der Waals surface area contributed by atoms with Crippen molar-refractivity contribution in [2.45, 2.75) is 23.8 Å². The molecule has 90 valence electrons. The summed E-state index contributed by atoms with van der Waals surface area (Å²) in [6.07, 6.45) is 0.704. The van der Waals surface area contributed by atoms with Crippen molar-refractivity contribution >= 4 is 11.8 Å². The van der Waals surface area contributed by atoms with Gasteiger partial charge in [-0.15, -0.1) is 11.8 Å². The molecule has 1 aromatic carbocycles. The predicted molar refractivity (Wildman–Crippen MR) is 67.0 cm³/mol. The van der Waals surface area contributed by atoms with Crippen LogP contribution in [0.25, 0.3) is 0 Å². The first kappa shape index (κ1) is 13.5. The Balaban J connectivity index is 2.71. The molecule has 0 amide bonds. The van der Waals surface area contributed by atoms with E-state index in [4.69, 9.17) is 10.8 Å². The molecule has 1 rings (SSSR count). The first-order valence-corrected chi connectivity index (χ1v) is 6.34. The van der Waals surface area contributed by atoms with E-state index in [1.165, 1.54) is 6.07 Å². The Bertz CT molecular complexity index is 322. The number of benzene rings is 1. The molecule has 0 bridgehead atoms. The zero-order valence-electron chi connectivity index (χ0n) is 9.40. The third-order valence-corrected chi connectivity index (χ3v) is 3.87. The van der Waals surface area contributed by atoms with Crippen LogP contribution in [0.1, 0.15) is 24.2 Å². The SMILES string of the molecule is CC(CCO)SC(CN)c1ccccc1F. The van der Waals surface area contributed by atoms with Crippen LogP contribution in [0.15, 0.2) is 24.3 Å². The van der Waals surface area contributed by atoms with Crippen LogP contribution in [0.5, 0.6) is 0 Å². The summed E-state index contributed by atoms with van der Waals surface area (Å²) in [6, 6.07) is 6.72. The lowest BCUT2D eigenvalue weighted by molar-refractivity contribution is 0.289. The van der Waals surface area contributed by atoms with Gasteiger partial charge < -0.3 is 10.8 Å². The molecule has 0 saturated heterocycles. The second-order valence-corrected chi connectivity index (χ2v) is 5.35. The van der Waals surface area contributed by atoms with Crippen LogP contribution in [0, 0.1) is 5.82 Å². The summed E-state index contributed by atoms with van der Waals surface area (Å²) in [5, 5.41) is 9.07. The van der Waals surface area contributed by atoms with Crippen LogP contribution in [-0.4, -0.2) is 23.5 Å². The number of hydrogen-bond acceptors (Lipinski definition) is 3. The van der Waals surface area contributed by atoms with Crippen molar-refractivity contribution in [1.29, 1.82) is 0 Å². The van der Waals surface area contributed by atoms with E-state index in [0.29, 0.717) is 18.5 Å². The molecule has 0 saturated carbocycles. The molecular formula is C12H18FNOS. The van der Waals surface area contributed by atoms with Crippen molar-refractivity contribution in [1.82, 2.24) is 0 Å². The molecule has 0 aliphatic heterocycles. The van der Waals surface area contributed by atoms with E-state index in [0.717, 1.165) is 0 Å². The topological polar surface area (TPSA) is 46.2 Å². The molecular weight excluding hydrogens is 225 g/mol. The van der Waals surface area contributed by atoms with Gasteiger partial charge in [0, 0.05) is 29.2 Å². The molecule has 16 heavy (non-hydrogen) atoms. The maximum absolute atomic E-state index is 13.5. The molecule has 0 spiro atoms. The summed E-state index contributed by atoms with van der Waals surface area (Å²) >= 11 is 1.61. The summed E-state index contributed by atoms with van der Waals surface area (Å²) in [4.78, 5) is 0. The fourth-order valence-corrected chi connectivity index (χ4v) is 2.77. The quantitative estimate of drug-likeness (QED) is 0.806. The highest BCUT2D eigenvalue weighted by Gasteiger charge is 2.17. The van der Waals surface area contributed by atoms with Crippen molar-refractivity contribution in [3.8, 4) is 0 Å². The van der Waals surface area contributed by atoms with Crippen molar-refractivity contribution in [2.24, 2.45) is 5.73 Å². The Morgan fingerprint density at radius 1 is 1.44 bits per heavy atom. The van der Waals surface area contributed by atoms with Crippen LogP contribution >= 0.6 is 11.8 Å². The fourth-order valence-electron chi connectivity index (χ4n) is 1.52. The minimum absolute atomic E-state index is 0.0391. The number of rotatable bonds is 6. The zero-order valence-corrected chi connectivity index (χ0v) is 10.2. The lowest BCUT2D eigenvalue weighted by Gasteiger charge is -2.19. The van der Waals surface area contributed by atoms with Crippen LogP contribution in [0.3, 0.4) is 0 Å². The van der Waals surface area contributed by atoms with E-state index >= 15 is 0 Å². The molecule has 2 atom stereocenters. The molecule has 4 heteroatoms. The standard InChI is InChI=1S/C12H18FNOS/c1-9(6-7-15)16-12(8-14)10-4-2-3-5-11(10)13/h2-5,9,12,15H,6-8,14H2,1H3. The van der Waals surface area contributed by atoms with E-state index < -0.39 is 0 Å². The van der Waals surface area contributed by atoms with Gasteiger partial charge in [-0.1, -0.05) is 25.1 Å². The van der Waals surface area contributed by atoms with Crippen molar-refractivity contribution in [3.05, 3.63) is 35.6 Å². The van der Waals surface area contributed by atoms with E-state index in [1.807, 2.05) is 13.0 Å². The maximum Gasteiger partial charge on any atom is 0.127 e. The van der Waals surface area contributed by atoms with E-state index in [9.17, 15) is 4.39 Å². The Morgan fingerprint density at radius 3 is 2.69 bits per heavy atom. The smallest absolute Gasteiger partial charge is 0.127 e. The van der Waals surface area contributed by atoms with Crippen LogP contribution < -0.4 is 5.73 Å². The average Bonchev–Trinajstić information content (AvgIpc) is 2.27. The summed E-state index contributed by atoms with van der Waals surface area (Å²) in [7, 11) is 0. The minimum atomic E-state index is -0.207. The van der Waals surface area contributed by atoms with E-state index in [1.54, 1.807) is 23.9 Å². The summed E-state index contributed by atoms with van der Waals surface area (Å²) in [6.45, 7) is 2.58. The van der Waals surface area contributed by atoms with Gasteiger partial charge in [-0.3, -0.25) is 0 Å². The van der Waals surface area contributed by atoms with Crippen LogP contribution in [0.2, 0.25) is 0 Å². The Morgan fingerprint density at radius 2 is 2.12 bits per heavy atom. The first-order chi connectivity index (χ1) is 7.69. The Kier molecular flexibility index (Phi) is 5.80. The second-order valence-electron chi connectivity index (χ2n) is 3.70. The lowest BCUT2D eigenvalue weighted by atomic mass is 10.1. The number of halogens is 1. The highest BCUT2D eigenvalue weighted by atomic mass is 32.2. The molecule has 3 N–H and O–H groups in total. The van der Waals surface area contributed by atoms with Gasteiger partial charge in [0.25, 0.3) is 0 Å². The summed E-state index contributed by atoms with van der Waals surface area (Å²) < 4.78 is 13.5. The first-order valence-electron chi connectivity index (χ1n) is 5.39. The number of aliphatic hydroxyl groups excluding tert-OH is 1. The molecule has 2 nitrogen and oxygen atoms in total. The van der Waals surface area contributed by atoms with Gasteiger partial charge in [0.1, 0.15) is 5.82 Å². The number of nitrogens with two attached hydrogens (primary N) is 1. The van der Waals surface area contributed by atoms with Gasteiger partial charge in [-0.2, -0.15) is 0 Å². The largest absolute Gasteiger partial charge is 0.396 e. The summed E-state index contributed by atoms with van der Waals surface area (Å²) in [5.41, 5.74) is 6.32. The van der Waals surface area contributed by atoms with Gasteiger partial charge in [-0.05, 0) is 12.5 Å². The van der Waals surface area contributed by atoms with Gasteiger partial charge in [-0.25, -0.2) is 4.39 Å². The molecule has 0 aliphatic carbocycles. The Labute approximate surface area is 100 Å². The van der Waals surface area contributed by atoms with Gasteiger partial charge in [0.05, 0.1) is 0 Å². The van der Waals surface area contributed by atoms with Crippen molar-refractivity contribution in [2.75, 3.05) is 13.2 Å². The zero-order chi connectivity index (χ0) is 12.0. The highest BCUT2D eigenvalue weighted by Crippen LogP contribution is 2.33. The second kappa shape index (κ2) is 6.89. The van der Waals surface area contributed by atoms with Crippen LogP contribution in [-0.2, 0) is 0 Å². The average molecular weight is 243 g/mol. The maximum atomic E-state index is 13.5. The predicted octanol–water partition coefficient (Wildman–Crippen LogP) is 2.33. The molecule has 0 aliphatic rings. The minimum Gasteiger partial charge on any atom is -0.396 e. The van der Waals surface area contributed by atoms with Crippen molar-refractivity contribution in [3.63, 3.8) is 0 Å². The van der Waals surface area contributed by atoms with E-state index in [2.05, 4.69) is 0 Å². The summed E-state index contributed by atoms with van der Waals surface area (Å²) in [5.74, 6) is -0.207. The van der Waals surface area contributed by atoms with Gasteiger partial charge >= 0.3 is 0 Å². The normalized spacial score (nSPS) is 14.8. The van der Waals surface area contributed by atoms with Crippen molar-refractivity contribution < 1.29 is 9.50 Å². The monoisotopic (exact) mass is 243 g/mol. The third kappa shape index (κ3) is 3.77. The molecule has 1 aromatic rings. The highest BCUT2D eigenvalue weighted by molar-refractivity contribution is 8.00. The van der Waals surface area contributed by atoms with E-state index in [-0.39, 0.29) is 22.9 Å². The third-order valence-electron chi connectivity index (χ3n) is 2.40. The number of thioether (sulfide) groups is 1. The van der Waals surface area contributed by atoms with Gasteiger partial charge in [0.15, 0.2) is 0 Å². The molecule has 0 aromatic heterocycles. The molecule has 0 fully saturated rings. The fraction of sp³-hybridized carbons (Fsp3) is 0.500.